The molecule has 1 N–H and O–H groups in total. The van der Waals surface area contributed by atoms with E-state index in [1.807, 2.05) is 33.8 Å². The van der Waals surface area contributed by atoms with Gasteiger partial charge < -0.3 is 10.2 Å². The summed E-state index contributed by atoms with van der Waals surface area (Å²) >= 11 is 0. The molecule has 2 aromatic rings. The van der Waals surface area contributed by atoms with Crippen LogP contribution in [0.3, 0.4) is 0 Å². The summed E-state index contributed by atoms with van der Waals surface area (Å²) < 4.78 is 26.2. The molecule has 0 aromatic heterocycles. The quantitative estimate of drug-likeness (QED) is 0.673. The number of aryl methyl sites for hydroxylation is 2. The van der Waals surface area contributed by atoms with Crippen molar-refractivity contribution in [1.29, 1.82) is 0 Å². The number of rotatable bonds is 8. The van der Waals surface area contributed by atoms with Gasteiger partial charge in [0.25, 0.3) is 5.91 Å². The van der Waals surface area contributed by atoms with Gasteiger partial charge in [-0.3, -0.25) is 13.9 Å². The van der Waals surface area contributed by atoms with E-state index in [9.17, 15) is 18.0 Å². The van der Waals surface area contributed by atoms with Crippen LogP contribution in [0.5, 0.6) is 0 Å². The molecule has 0 aliphatic carbocycles. The van der Waals surface area contributed by atoms with Crippen LogP contribution < -0.4 is 9.62 Å². The summed E-state index contributed by atoms with van der Waals surface area (Å²) in [7, 11) is -3.73. The van der Waals surface area contributed by atoms with E-state index in [1.54, 1.807) is 41.3 Å². The molecule has 8 heteroatoms. The number of nitrogens with zero attached hydrogens (tertiary/aromatic N) is 2. The van der Waals surface area contributed by atoms with Gasteiger partial charge >= 0.3 is 0 Å². The van der Waals surface area contributed by atoms with Crippen molar-refractivity contribution in [3.8, 4) is 0 Å². The minimum atomic E-state index is -3.73. The molecule has 0 unspecified atom stereocenters. The van der Waals surface area contributed by atoms with Crippen LogP contribution in [0.2, 0.25) is 0 Å². The largest absolute Gasteiger partial charge is 0.339 e. The first-order valence-electron chi connectivity index (χ1n) is 10.3. The van der Waals surface area contributed by atoms with Crippen molar-refractivity contribution in [3.63, 3.8) is 0 Å². The summed E-state index contributed by atoms with van der Waals surface area (Å²) in [5, 5.41) is 2.75. The number of benzene rings is 2. The van der Waals surface area contributed by atoms with Gasteiger partial charge in [-0.25, -0.2) is 8.42 Å². The van der Waals surface area contributed by atoms with Crippen LogP contribution in [0.15, 0.2) is 42.5 Å². The maximum atomic E-state index is 13.1. The molecule has 168 valence electrons. The number of sulfonamides is 1. The summed E-state index contributed by atoms with van der Waals surface area (Å²) in [5.41, 5.74) is 3.08. The number of para-hydroxylation sites is 1. The van der Waals surface area contributed by atoms with Crippen molar-refractivity contribution < 1.29 is 18.0 Å². The van der Waals surface area contributed by atoms with Gasteiger partial charge in [0.15, 0.2) is 0 Å². The van der Waals surface area contributed by atoms with Crippen LogP contribution in [-0.4, -0.2) is 50.5 Å². The summed E-state index contributed by atoms with van der Waals surface area (Å²) in [6.45, 7) is 10.2. The zero-order valence-corrected chi connectivity index (χ0v) is 19.8. The van der Waals surface area contributed by atoms with Gasteiger partial charge in [0.05, 0.1) is 23.2 Å². The summed E-state index contributed by atoms with van der Waals surface area (Å²) in [5.74, 6) is -0.717. The molecule has 0 aliphatic heterocycles. The second-order valence-electron chi connectivity index (χ2n) is 7.52. The van der Waals surface area contributed by atoms with Crippen molar-refractivity contribution in [2.45, 2.75) is 40.7 Å². The van der Waals surface area contributed by atoms with E-state index in [4.69, 9.17) is 0 Å². The minimum absolute atomic E-state index is 0.192. The number of anilines is 2. The smallest absolute Gasteiger partial charge is 0.255 e. The van der Waals surface area contributed by atoms with E-state index in [1.165, 1.54) is 6.92 Å². The fourth-order valence-electron chi connectivity index (χ4n) is 3.37. The first-order chi connectivity index (χ1) is 14.5. The molecular weight excluding hydrogens is 414 g/mol. The third-order valence-corrected chi connectivity index (χ3v) is 6.54. The highest BCUT2D eigenvalue weighted by Crippen LogP contribution is 2.25. The predicted molar refractivity (Wildman–Crippen MR) is 125 cm³/mol. The van der Waals surface area contributed by atoms with Crippen LogP contribution in [0, 0.1) is 13.8 Å². The van der Waals surface area contributed by atoms with Gasteiger partial charge in [-0.05, 0) is 70.0 Å². The molecular formula is C23H31N3O4S. The Balaban J connectivity index is 2.38. The normalized spacial score (nSPS) is 12.2. The minimum Gasteiger partial charge on any atom is -0.339 e. The lowest BCUT2D eigenvalue weighted by molar-refractivity contribution is -0.116. The Morgan fingerprint density at radius 1 is 1.00 bits per heavy atom. The molecule has 0 saturated heterocycles. The Kier molecular flexibility index (Phi) is 7.84. The zero-order chi connectivity index (χ0) is 23.3. The molecule has 0 saturated carbocycles. The van der Waals surface area contributed by atoms with Crippen molar-refractivity contribution in [2.75, 3.05) is 29.0 Å². The van der Waals surface area contributed by atoms with Crippen LogP contribution >= 0.6 is 0 Å². The molecule has 0 radical (unpaired) electrons. The second-order valence-corrected chi connectivity index (χ2v) is 9.38. The molecule has 31 heavy (non-hydrogen) atoms. The molecule has 2 aromatic carbocycles. The van der Waals surface area contributed by atoms with Gasteiger partial charge in [-0.1, -0.05) is 18.2 Å². The number of nitrogens with one attached hydrogen (secondary N) is 1. The molecule has 7 nitrogen and oxygen atoms in total. The lowest BCUT2D eigenvalue weighted by Crippen LogP contribution is -2.45. The average Bonchev–Trinajstić information content (AvgIpc) is 2.71. The summed E-state index contributed by atoms with van der Waals surface area (Å²) in [6, 6.07) is 11.0. The van der Waals surface area contributed by atoms with Gasteiger partial charge in [0.1, 0.15) is 6.04 Å². The molecule has 0 fully saturated rings. The topological polar surface area (TPSA) is 86.8 Å². The number of amides is 2. The van der Waals surface area contributed by atoms with Crippen molar-refractivity contribution in [3.05, 3.63) is 59.2 Å². The summed E-state index contributed by atoms with van der Waals surface area (Å²) in [6.07, 6.45) is 1.07. The maximum absolute atomic E-state index is 13.1. The first kappa shape index (κ1) is 24.4. The number of hydrogen-bond donors (Lipinski definition) is 1. The van der Waals surface area contributed by atoms with Crippen LogP contribution in [-0.2, 0) is 14.8 Å². The molecule has 0 bridgehead atoms. The lowest BCUT2D eigenvalue weighted by atomic mass is 10.1. The van der Waals surface area contributed by atoms with E-state index in [-0.39, 0.29) is 5.91 Å². The molecule has 0 aliphatic rings. The number of hydrogen-bond acceptors (Lipinski definition) is 4. The highest BCUT2D eigenvalue weighted by Gasteiger charge is 2.30. The van der Waals surface area contributed by atoms with Crippen molar-refractivity contribution >= 4 is 33.2 Å². The van der Waals surface area contributed by atoms with Gasteiger partial charge in [0, 0.05) is 13.1 Å². The molecule has 1 atom stereocenters. The van der Waals surface area contributed by atoms with Crippen LogP contribution in [0.4, 0.5) is 11.4 Å². The average molecular weight is 446 g/mol. The third-order valence-electron chi connectivity index (χ3n) is 5.30. The summed E-state index contributed by atoms with van der Waals surface area (Å²) in [4.78, 5) is 27.6. The van der Waals surface area contributed by atoms with Gasteiger partial charge in [-0.2, -0.15) is 0 Å². The Labute approximate surface area is 185 Å². The molecule has 0 spiro atoms. The van der Waals surface area contributed by atoms with Gasteiger partial charge in [0.2, 0.25) is 15.9 Å². The van der Waals surface area contributed by atoms with E-state index in [2.05, 4.69) is 5.32 Å². The highest BCUT2D eigenvalue weighted by molar-refractivity contribution is 7.92. The van der Waals surface area contributed by atoms with E-state index in [0.717, 1.165) is 21.7 Å². The number of carbonyl (C=O) groups is 2. The molecule has 2 rings (SSSR count). The predicted octanol–water partition coefficient (Wildman–Crippen LogP) is 3.58. The Morgan fingerprint density at radius 2 is 1.61 bits per heavy atom. The monoisotopic (exact) mass is 445 g/mol. The van der Waals surface area contributed by atoms with E-state index < -0.39 is 22.0 Å². The van der Waals surface area contributed by atoms with Crippen LogP contribution in [0.1, 0.15) is 42.3 Å². The maximum Gasteiger partial charge on any atom is 0.255 e. The lowest BCUT2D eigenvalue weighted by Gasteiger charge is -2.29. The fourth-order valence-corrected chi connectivity index (χ4v) is 4.54. The Morgan fingerprint density at radius 3 is 2.16 bits per heavy atom. The first-order valence-corrected chi connectivity index (χ1v) is 12.1. The van der Waals surface area contributed by atoms with Gasteiger partial charge in [-0.15, -0.1) is 0 Å². The van der Waals surface area contributed by atoms with Crippen molar-refractivity contribution in [1.82, 2.24) is 4.90 Å². The Hall–Kier alpha value is -2.87. The molecule has 0 heterocycles. The third kappa shape index (κ3) is 5.64. The standard InChI is InChI=1S/C23H31N3O4S/c1-7-25(8-2)23(28)20-11-9-10-12-21(20)24-22(27)18(5)26(31(6,29)30)19-14-13-16(3)17(4)15-19/h9-15,18H,7-8H2,1-6H3,(H,24,27)/t18-/m0/s1. The number of carbonyl (C=O) groups excluding carboxylic acids is 2. The van der Waals surface area contributed by atoms with Crippen molar-refractivity contribution in [2.24, 2.45) is 0 Å². The van der Waals surface area contributed by atoms with E-state index >= 15 is 0 Å². The zero-order valence-electron chi connectivity index (χ0n) is 19.0. The Bertz CT molecular complexity index is 1060. The second kappa shape index (κ2) is 9.96. The SMILES string of the molecule is CCN(CC)C(=O)c1ccccc1NC(=O)[C@H](C)N(c1ccc(C)c(C)c1)S(C)(=O)=O. The molecule has 2 amide bonds. The van der Waals surface area contributed by atoms with Crippen LogP contribution in [0.25, 0.3) is 0 Å². The fraction of sp³-hybridized carbons (Fsp3) is 0.391. The van der Waals surface area contributed by atoms with E-state index in [0.29, 0.717) is 30.0 Å². The highest BCUT2D eigenvalue weighted by atomic mass is 32.2.